The number of amides is 2. The van der Waals surface area contributed by atoms with Crippen LogP contribution in [-0.2, 0) is 14.3 Å². The smallest absolute Gasteiger partial charge is 0.394 e. The van der Waals surface area contributed by atoms with E-state index in [0.717, 1.165) is 0 Å². The molecule has 0 spiro atoms. The Labute approximate surface area is 245 Å². The summed E-state index contributed by atoms with van der Waals surface area (Å²) in [5.74, 6) is -1.01. The van der Waals surface area contributed by atoms with E-state index in [2.05, 4.69) is 30.3 Å². The first-order valence-corrected chi connectivity index (χ1v) is 13.5. The number of rotatable bonds is 10. The van der Waals surface area contributed by atoms with E-state index in [4.69, 9.17) is 19.7 Å². The highest BCUT2D eigenvalue weighted by atomic mass is 16.6. The lowest BCUT2D eigenvalue weighted by Gasteiger charge is -2.22. The van der Waals surface area contributed by atoms with Gasteiger partial charge in [-0.15, -0.1) is 0 Å². The molecule has 2 aromatic heterocycles. The molecule has 0 aliphatic carbocycles. The highest BCUT2D eigenvalue weighted by Gasteiger charge is 2.38. The molecule has 15 nitrogen and oxygen atoms in total. The van der Waals surface area contributed by atoms with Crippen LogP contribution in [0.2, 0.25) is 0 Å². The van der Waals surface area contributed by atoms with E-state index >= 15 is 0 Å². The molecule has 2 unspecified atom stereocenters. The first-order chi connectivity index (χ1) is 20.9. The molecule has 222 valence electrons. The second-order valence-corrected chi connectivity index (χ2v) is 9.81. The molecule has 3 atom stereocenters. The number of anilines is 3. The van der Waals surface area contributed by atoms with Crippen LogP contribution >= 0.6 is 0 Å². The number of hydrogen-bond donors (Lipinski definition) is 2. The zero-order valence-corrected chi connectivity index (χ0v) is 23.3. The molecule has 2 amide bonds. The van der Waals surface area contributed by atoms with E-state index in [9.17, 15) is 14.7 Å². The SMILES string of the molecule is CC(C)C(=O)Nc1nc(OC(=O)N(c2ccccc2)c2ccccc2)c2ncn([C@H]3CC(OCN=[N+]=[N-])C(CO)O3)c2n1. The quantitative estimate of drug-likeness (QED) is 0.151. The standard InChI is InChI=1S/C28H29N9O6/c1-17(2)25(39)33-27-32-24-23(30-15-36(24)22-13-20(21(14-38)42-22)41-16-31-35-29)26(34-27)43-28(40)37(18-9-5-3-6-10-18)19-11-7-4-8-12-19/h3-12,15,17,20-22,38H,13-14,16H2,1-2H3,(H,32,33,34,39)/t20?,21?,22-/m1/s1. The summed E-state index contributed by atoms with van der Waals surface area (Å²) < 4.78 is 19.0. The molecule has 4 aromatic rings. The van der Waals surface area contributed by atoms with E-state index in [-0.39, 0.29) is 54.6 Å². The zero-order valence-electron chi connectivity index (χ0n) is 23.3. The lowest BCUT2D eigenvalue weighted by Crippen LogP contribution is -2.29. The molecule has 5 rings (SSSR count). The van der Waals surface area contributed by atoms with Gasteiger partial charge >= 0.3 is 6.09 Å². The van der Waals surface area contributed by atoms with Gasteiger partial charge in [0.1, 0.15) is 19.1 Å². The van der Waals surface area contributed by atoms with Gasteiger partial charge in [-0.3, -0.25) is 14.7 Å². The van der Waals surface area contributed by atoms with E-state index in [1.165, 1.54) is 11.2 Å². The maximum atomic E-state index is 13.7. The maximum Gasteiger partial charge on any atom is 0.425 e. The third-order valence-corrected chi connectivity index (χ3v) is 6.62. The number of carbonyl (C=O) groups is 2. The summed E-state index contributed by atoms with van der Waals surface area (Å²) in [6.07, 6.45) is -1.05. The predicted molar refractivity (Wildman–Crippen MR) is 154 cm³/mol. The number of aliphatic hydroxyl groups excluding tert-OH is 1. The highest BCUT2D eigenvalue weighted by molar-refractivity contribution is 5.98. The average Bonchev–Trinajstić information content (AvgIpc) is 3.62. The number of nitrogens with one attached hydrogen (secondary N) is 1. The van der Waals surface area contributed by atoms with Crippen molar-refractivity contribution in [1.29, 1.82) is 0 Å². The van der Waals surface area contributed by atoms with E-state index in [1.54, 1.807) is 66.9 Å². The van der Waals surface area contributed by atoms with E-state index in [0.29, 0.717) is 11.4 Å². The van der Waals surface area contributed by atoms with Crippen LogP contribution in [0.3, 0.4) is 0 Å². The minimum Gasteiger partial charge on any atom is -0.394 e. The van der Waals surface area contributed by atoms with Crippen molar-refractivity contribution in [1.82, 2.24) is 19.5 Å². The number of benzene rings is 2. The highest BCUT2D eigenvalue weighted by Crippen LogP contribution is 2.35. The van der Waals surface area contributed by atoms with Gasteiger partial charge < -0.3 is 19.3 Å². The second-order valence-electron chi connectivity index (χ2n) is 9.81. The third kappa shape index (κ3) is 6.55. The summed E-state index contributed by atoms with van der Waals surface area (Å²) in [7, 11) is 0. The number of para-hydroxylation sites is 2. The number of hydrogen-bond acceptors (Lipinski definition) is 10. The topological polar surface area (TPSA) is 190 Å². The molecular formula is C28H29N9O6. The summed E-state index contributed by atoms with van der Waals surface area (Å²) in [6.45, 7) is 2.86. The molecule has 0 bridgehead atoms. The lowest BCUT2D eigenvalue weighted by molar-refractivity contribution is -0.118. The van der Waals surface area contributed by atoms with Crippen LogP contribution in [0.5, 0.6) is 5.88 Å². The first-order valence-electron chi connectivity index (χ1n) is 13.5. The molecule has 2 N–H and O–H groups in total. The lowest BCUT2D eigenvalue weighted by atomic mass is 10.2. The molecule has 1 fully saturated rings. The van der Waals surface area contributed by atoms with Crippen molar-refractivity contribution >= 4 is 40.5 Å². The number of carbonyl (C=O) groups excluding carboxylic acids is 2. The number of aromatic nitrogens is 4. The average molecular weight is 588 g/mol. The van der Waals surface area contributed by atoms with Gasteiger partial charge in [0.05, 0.1) is 30.4 Å². The van der Waals surface area contributed by atoms with Crippen molar-refractivity contribution in [2.75, 3.05) is 23.6 Å². The Hall–Kier alpha value is -5.08. The van der Waals surface area contributed by atoms with Crippen molar-refractivity contribution < 1.29 is 28.9 Å². The monoisotopic (exact) mass is 587 g/mol. The Morgan fingerprint density at radius 1 is 1.16 bits per heavy atom. The van der Waals surface area contributed by atoms with Crippen molar-refractivity contribution in [3.05, 3.63) is 77.4 Å². The fourth-order valence-corrected chi connectivity index (χ4v) is 4.49. The summed E-state index contributed by atoms with van der Waals surface area (Å²) in [5.41, 5.74) is 10.0. The number of fused-ring (bicyclic) bond motifs is 1. The summed E-state index contributed by atoms with van der Waals surface area (Å²) in [5, 5.41) is 15.9. The van der Waals surface area contributed by atoms with Gasteiger partial charge in [0.25, 0.3) is 5.88 Å². The van der Waals surface area contributed by atoms with Crippen LogP contribution in [0.25, 0.3) is 21.6 Å². The van der Waals surface area contributed by atoms with Crippen LogP contribution in [0, 0.1) is 5.92 Å². The fourth-order valence-electron chi connectivity index (χ4n) is 4.49. The van der Waals surface area contributed by atoms with Gasteiger partial charge in [0, 0.05) is 17.3 Å². The Morgan fingerprint density at radius 3 is 2.44 bits per heavy atom. The van der Waals surface area contributed by atoms with Crippen LogP contribution in [0.4, 0.5) is 22.1 Å². The molecule has 3 heterocycles. The Morgan fingerprint density at radius 2 is 1.84 bits per heavy atom. The molecule has 1 aliphatic heterocycles. The maximum absolute atomic E-state index is 13.7. The van der Waals surface area contributed by atoms with E-state index in [1.807, 2.05) is 12.1 Å². The van der Waals surface area contributed by atoms with Gasteiger partial charge in [0.15, 0.2) is 11.2 Å². The molecule has 43 heavy (non-hydrogen) atoms. The summed E-state index contributed by atoms with van der Waals surface area (Å²) in [4.78, 5) is 43.6. The second kappa shape index (κ2) is 13.3. The van der Waals surface area contributed by atoms with Gasteiger partial charge in [0.2, 0.25) is 11.9 Å². The largest absolute Gasteiger partial charge is 0.425 e. The minimum absolute atomic E-state index is 0.102. The minimum atomic E-state index is -0.767. The molecule has 0 saturated carbocycles. The van der Waals surface area contributed by atoms with Crippen LogP contribution in [0.1, 0.15) is 26.5 Å². The van der Waals surface area contributed by atoms with Gasteiger partial charge in [-0.05, 0) is 29.8 Å². The molecule has 1 saturated heterocycles. The molecule has 2 aromatic carbocycles. The van der Waals surface area contributed by atoms with Crippen molar-refractivity contribution in [2.45, 2.75) is 38.7 Å². The number of azide groups is 1. The number of nitrogens with zero attached hydrogens (tertiary/aromatic N) is 8. The summed E-state index contributed by atoms with van der Waals surface area (Å²) in [6, 6.07) is 17.9. The van der Waals surface area contributed by atoms with E-state index < -0.39 is 24.5 Å². The third-order valence-electron chi connectivity index (χ3n) is 6.62. The van der Waals surface area contributed by atoms with Gasteiger partial charge in [-0.1, -0.05) is 55.4 Å². The normalized spacial score (nSPS) is 17.9. The van der Waals surface area contributed by atoms with Gasteiger partial charge in [-0.2, -0.15) is 9.97 Å². The Kier molecular flexibility index (Phi) is 9.08. The zero-order chi connectivity index (χ0) is 30.3. The van der Waals surface area contributed by atoms with Crippen LogP contribution in [-0.4, -0.2) is 62.2 Å². The number of imidazole rings is 1. The first kappa shape index (κ1) is 29.4. The van der Waals surface area contributed by atoms with Crippen molar-refractivity contribution in [2.24, 2.45) is 11.0 Å². The molecule has 1 aliphatic rings. The Balaban J connectivity index is 1.52. The van der Waals surface area contributed by atoms with Gasteiger partial charge in [-0.25, -0.2) is 14.7 Å². The molecular weight excluding hydrogens is 558 g/mol. The number of ether oxygens (including phenoxy) is 3. The Bertz CT molecular complexity index is 1590. The predicted octanol–water partition coefficient (Wildman–Crippen LogP) is 4.69. The van der Waals surface area contributed by atoms with Crippen molar-refractivity contribution in [3.8, 4) is 5.88 Å². The van der Waals surface area contributed by atoms with Crippen LogP contribution in [0.15, 0.2) is 72.1 Å². The number of aliphatic hydroxyl groups is 1. The van der Waals surface area contributed by atoms with Crippen LogP contribution < -0.4 is 15.0 Å². The summed E-state index contributed by atoms with van der Waals surface area (Å²) >= 11 is 0. The molecule has 0 radical (unpaired) electrons. The van der Waals surface area contributed by atoms with Crippen molar-refractivity contribution in [3.63, 3.8) is 0 Å². The molecule has 15 heteroatoms. The fraction of sp³-hybridized carbons (Fsp3) is 0.321.